The minimum absolute atomic E-state index is 0.227. The minimum atomic E-state index is -1.01. The number of nitrogens with zero attached hydrogens (tertiary/aromatic N) is 2. The number of carbonyl (C=O) groups excluding carboxylic acids is 2. The smallest absolute Gasteiger partial charge is 0.326 e. The molecule has 0 radical (unpaired) electrons. The molecule has 1 unspecified atom stereocenters. The molecule has 0 saturated carbocycles. The molecule has 1 aliphatic heterocycles. The first kappa shape index (κ1) is 14.3. The number of amides is 3. The van der Waals surface area contributed by atoms with Gasteiger partial charge in [-0.05, 0) is 19.8 Å². The Morgan fingerprint density at radius 1 is 1.39 bits per heavy atom. The van der Waals surface area contributed by atoms with E-state index < -0.39 is 24.1 Å². The molecule has 3 amide bonds. The first-order valence-electron chi connectivity index (χ1n) is 5.85. The Kier molecular flexibility index (Phi) is 4.52. The van der Waals surface area contributed by atoms with Gasteiger partial charge in [0.25, 0.3) is 0 Å². The van der Waals surface area contributed by atoms with E-state index in [2.05, 4.69) is 5.32 Å². The van der Waals surface area contributed by atoms with Crippen molar-refractivity contribution in [2.45, 2.75) is 31.8 Å². The van der Waals surface area contributed by atoms with E-state index in [0.717, 1.165) is 0 Å². The number of carboxylic acid groups (broad SMARTS) is 1. The maximum absolute atomic E-state index is 11.9. The van der Waals surface area contributed by atoms with Crippen LogP contribution in [0.3, 0.4) is 0 Å². The van der Waals surface area contributed by atoms with Crippen LogP contribution in [0.2, 0.25) is 0 Å². The molecule has 2 atom stereocenters. The first-order chi connectivity index (χ1) is 8.34. The van der Waals surface area contributed by atoms with Crippen LogP contribution >= 0.6 is 0 Å². The lowest BCUT2D eigenvalue weighted by Gasteiger charge is -2.25. The van der Waals surface area contributed by atoms with Crippen molar-refractivity contribution in [1.82, 2.24) is 15.1 Å². The van der Waals surface area contributed by atoms with Crippen molar-refractivity contribution in [1.29, 1.82) is 0 Å². The number of carbonyl (C=O) groups is 3. The van der Waals surface area contributed by atoms with Gasteiger partial charge in [0.2, 0.25) is 5.91 Å². The molecular weight excluding hydrogens is 238 g/mol. The number of carboxylic acids is 1. The molecule has 1 aliphatic rings. The van der Waals surface area contributed by atoms with Crippen LogP contribution in [0.15, 0.2) is 0 Å². The quantitative estimate of drug-likeness (QED) is 0.727. The summed E-state index contributed by atoms with van der Waals surface area (Å²) in [5.41, 5.74) is 0. The minimum Gasteiger partial charge on any atom is -0.480 e. The third-order valence-corrected chi connectivity index (χ3v) is 2.95. The molecule has 1 fully saturated rings. The fourth-order valence-corrected chi connectivity index (χ4v) is 1.98. The zero-order valence-electron chi connectivity index (χ0n) is 10.8. The van der Waals surface area contributed by atoms with Gasteiger partial charge in [-0.2, -0.15) is 0 Å². The first-order valence-corrected chi connectivity index (χ1v) is 5.85. The average Bonchev–Trinajstić information content (AvgIpc) is 2.76. The van der Waals surface area contributed by atoms with E-state index in [1.165, 1.54) is 9.80 Å². The van der Waals surface area contributed by atoms with Gasteiger partial charge in [-0.15, -0.1) is 0 Å². The van der Waals surface area contributed by atoms with Gasteiger partial charge in [0, 0.05) is 20.6 Å². The Balaban J connectivity index is 2.60. The Morgan fingerprint density at radius 2 is 2.00 bits per heavy atom. The predicted molar refractivity (Wildman–Crippen MR) is 64.1 cm³/mol. The topological polar surface area (TPSA) is 90.0 Å². The Labute approximate surface area is 106 Å². The molecule has 2 N–H and O–H groups in total. The van der Waals surface area contributed by atoms with Crippen LogP contribution in [0.5, 0.6) is 0 Å². The normalized spacial score (nSPS) is 20.4. The summed E-state index contributed by atoms with van der Waals surface area (Å²) in [5, 5.41) is 11.5. The summed E-state index contributed by atoms with van der Waals surface area (Å²) < 4.78 is 0. The van der Waals surface area contributed by atoms with Crippen molar-refractivity contribution in [2.24, 2.45) is 0 Å². The molecular formula is C11H19N3O4. The predicted octanol–water partition coefficient (Wildman–Crippen LogP) is -0.278. The van der Waals surface area contributed by atoms with Crippen LogP contribution < -0.4 is 5.32 Å². The van der Waals surface area contributed by atoms with Crippen LogP contribution in [-0.4, -0.2) is 65.5 Å². The zero-order chi connectivity index (χ0) is 13.9. The van der Waals surface area contributed by atoms with E-state index in [1.807, 2.05) is 0 Å². The molecule has 102 valence electrons. The number of likely N-dealkylation sites (N-methyl/N-ethyl adjacent to an activating group) is 1. The number of aliphatic carboxylic acids is 1. The maximum Gasteiger partial charge on any atom is 0.326 e. The van der Waals surface area contributed by atoms with Gasteiger partial charge < -0.3 is 20.2 Å². The second kappa shape index (κ2) is 5.70. The molecule has 18 heavy (non-hydrogen) atoms. The summed E-state index contributed by atoms with van der Waals surface area (Å²) in [5.74, 6) is -1.23. The molecule has 7 heteroatoms. The second-order valence-electron chi connectivity index (χ2n) is 4.59. The fourth-order valence-electron chi connectivity index (χ4n) is 1.98. The van der Waals surface area contributed by atoms with Crippen LogP contribution in [0.4, 0.5) is 4.79 Å². The summed E-state index contributed by atoms with van der Waals surface area (Å²) in [7, 11) is 3.20. The SMILES string of the molecule is CC(NC(=O)N1CCC[C@@H]1C(=O)O)C(=O)N(C)C. The molecule has 0 spiro atoms. The summed E-state index contributed by atoms with van der Waals surface area (Å²) in [6.07, 6.45) is 1.12. The molecule has 0 aliphatic carbocycles. The second-order valence-corrected chi connectivity index (χ2v) is 4.59. The average molecular weight is 257 g/mol. The molecule has 0 bridgehead atoms. The van der Waals surface area contributed by atoms with Gasteiger partial charge in [0.1, 0.15) is 12.1 Å². The van der Waals surface area contributed by atoms with Gasteiger partial charge >= 0.3 is 12.0 Å². The summed E-state index contributed by atoms with van der Waals surface area (Å²) in [6, 6.07) is -1.95. The van der Waals surface area contributed by atoms with Gasteiger partial charge in [0.15, 0.2) is 0 Å². The molecule has 1 heterocycles. The largest absolute Gasteiger partial charge is 0.480 e. The number of rotatable bonds is 3. The van der Waals surface area contributed by atoms with Crippen molar-refractivity contribution in [3.8, 4) is 0 Å². The number of hydrogen-bond acceptors (Lipinski definition) is 3. The highest BCUT2D eigenvalue weighted by Gasteiger charge is 2.34. The van der Waals surface area contributed by atoms with Gasteiger partial charge in [0.05, 0.1) is 0 Å². The number of nitrogens with one attached hydrogen (secondary N) is 1. The van der Waals surface area contributed by atoms with Crippen molar-refractivity contribution in [3.63, 3.8) is 0 Å². The van der Waals surface area contributed by atoms with Crippen LogP contribution in [-0.2, 0) is 9.59 Å². The molecule has 0 aromatic rings. The van der Waals surface area contributed by atoms with E-state index in [1.54, 1.807) is 21.0 Å². The van der Waals surface area contributed by atoms with E-state index in [4.69, 9.17) is 5.11 Å². The monoisotopic (exact) mass is 257 g/mol. The molecule has 1 rings (SSSR count). The number of urea groups is 1. The van der Waals surface area contributed by atoms with Gasteiger partial charge in [-0.25, -0.2) is 9.59 Å². The van der Waals surface area contributed by atoms with Crippen molar-refractivity contribution >= 4 is 17.9 Å². The standard InChI is InChI=1S/C11H19N3O4/c1-7(9(15)13(2)3)12-11(18)14-6-4-5-8(14)10(16)17/h7-8H,4-6H2,1-3H3,(H,12,18)(H,16,17)/t7?,8-/m1/s1. The number of hydrogen-bond donors (Lipinski definition) is 2. The van der Waals surface area contributed by atoms with E-state index in [-0.39, 0.29) is 5.91 Å². The Hall–Kier alpha value is -1.79. The molecule has 7 nitrogen and oxygen atoms in total. The van der Waals surface area contributed by atoms with Crippen LogP contribution in [0, 0.1) is 0 Å². The summed E-state index contributed by atoms with van der Waals surface area (Å²) in [4.78, 5) is 37.1. The number of likely N-dealkylation sites (tertiary alicyclic amines) is 1. The van der Waals surface area contributed by atoms with E-state index in [9.17, 15) is 14.4 Å². The fraction of sp³-hybridized carbons (Fsp3) is 0.727. The third kappa shape index (κ3) is 3.12. The third-order valence-electron chi connectivity index (χ3n) is 2.95. The zero-order valence-corrected chi connectivity index (χ0v) is 10.8. The maximum atomic E-state index is 11.9. The highest BCUT2D eigenvalue weighted by molar-refractivity contribution is 5.88. The molecule has 1 saturated heterocycles. The molecule has 0 aromatic carbocycles. The van der Waals surface area contributed by atoms with Crippen molar-refractivity contribution in [3.05, 3.63) is 0 Å². The van der Waals surface area contributed by atoms with Gasteiger partial charge in [-0.3, -0.25) is 4.79 Å². The van der Waals surface area contributed by atoms with Gasteiger partial charge in [-0.1, -0.05) is 0 Å². The lowest BCUT2D eigenvalue weighted by Crippen LogP contribution is -2.52. The van der Waals surface area contributed by atoms with E-state index in [0.29, 0.717) is 19.4 Å². The van der Waals surface area contributed by atoms with Crippen LogP contribution in [0.25, 0.3) is 0 Å². The summed E-state index contributed by atoms with van der Waals surface area (Å²) in [6.45, 7) is 1.98. The van der Waals surface area contributed by atoms with Crippen LogP contribution in [0.1, 0.15) is 19.8 Å². The highest BCUT2D eigenvalue weighted by Crippen LogP contribution is 2.17. The lowest BCUT2D eigenvalue weighted by molar-refractivity contribution is -0.141. The Bertz CT molecular complexity index is 356. The summed E-state index contributed by atoms with van der Waals surface area (Å²) >= 11 is 0. The van der Waals surface area contributed by atoms with E-state index >= 15 is 0 Å². The Morgan fingerprint density at radius 3 is 2.50 bits per heavy atom. The molecule has 0 aromatic heterocycles. The highest BCUT2D eigenvalue weighted by atomic mass is 16.4. The van der Waals surface area contributed by atoms with Crippen molar-refractivity contribution in [2.75, 3.05) is 20.6 Å². The van der Waals surface area contributed by atoms with Crippen molar-refractivity contribution < 1.29 is 19.5 Å². The lowest BCUT2D eigenvalue weighted by atomic mass is 10.2.